The van der Waals surface area contributed by atoms with Crippen molar-refractivity contribution < 1.29 is 14.3 Å². The smallest absolute Gasteiger partial charge is 0.342 e. The van der Waals surface area contributed by atoms with Gasteiger partial charge in [-0.05, 0) is 24.6 Å². The van der Waals surface area contributed by atoms with E-state index >= 15 is 0 Å². The maximum atomic E-state index is 11.7. The maximum Gasteiger partial charge on any atom is 0.342 e. The summed E-state index contributed by atoms with van der Waals surface area (Å²) < 4.78 is 10.1. The van der Waals surface area contributed by atoms with Gasteiger partial charge in [-0.25, -0.2) is 4.79 Å². The van der Waals surface area contributed by atoms with Gasteiger partial charge in [0.05, 0.1) is 7.11 Å². The van der Waals surface area contributed by atoms with Gasteiger partial charge in [0.15, 0.2) is 0 Å². The van der Waals surface area contributed by atoms with Crippen LogP contribution in [0.3, 0.4) is 0 Å². The highest BCUT2D eigenvalue weighted by Gasteiger charge is 2.13. The average Bonchev–Trinajstić information content (AvgIpc) is 2.34. The van der Waals surface area contributed by atoms with Crippen LogP contribution in [0, 0.1) is 0 Å². The summed E-state index contributed by atoms with van der Waals surface area (Å²) in [6, 6.07) is 4.83. The standard InChI is InChI=1S/C13H15ClO3/c1-3-4-5-8-17-13(15)11-9-10(14)6-7-12(11)16-2/h4-7,9H,3,8H2,1-2H3/b5-4+. The number of carbonyl (C=O) groups is 1. The summed E-state index contributed by atoms with van der Waals surface area (Å²) in [5.41, 5.74) is 0.338. The molecule has 0 aromatic heterocycles. The van der Waals surface area contributed by atoms with E-state index in [0.717, 1.165) is 6.42 Å². The molecular weight excluding hydrogens is 240 g/mol. The fraction of sp³-hybridized carbons (Fsp3) is 0.308. The minimum Gasteiger partial charge on any atom is -0.496 e. The third-order valence-corrected chi connectivity index (χ3v) is 2.33. The zero-order valence-electron chi connectivity index (χ0n) is 9.90. The quantitative estimate of drug-likeness (QED) is 0.596. The second-order valence-electron chi connectivity index (χ2n) is 3.32. The van der Waals surface area contributed by atoms with Gasteiger partial charge in [0.25, 0.3) is 0 Å². The van der Waals surface area contributed by atoms with Gasteiger partial charge < -0.3 is 9.47 Å². The van der Waals surface area contributed by atoms with Crippen LogP contribution in [0.15, 0.2) is 30.4 Å². The van der Waals surface area contributed by atoms with Crippen molar-refractivity contribution in [3.63, 3.8) is 0 Å². The fourth-order valence-electron chi connectivity index (χ4n) is 1.28. The molecule has 92 valence electrons. The van der Waals surface area contributed by atoms with E-state index in [0.29, 0.717) is 16.3 Å². The Bertz CT molecular complexity index is 413. The minimum absolute atomic E-state index is 0.252. The lowest BCUT2D eigenvalue weighted by Crippen LogP contribution is -2.07. The molecule has 0 atom stereocenters. The Labute approximate surface area is 106 Å². The summed E-state index contributed by atoms with van der Waals surface area (Å²) >= 11 is 5.82. The molecule has 0 bridgehead atoms. The average molecular weight is 255 g/mol. The molecule has 0 heterocycles. The zero-order chi connectivity index (χ0) is 12.7. The first-order valence-corrected chi connectivity index (χ1v) is 5.72. The molecule has 0 N–H and O–H groups in total. The first-order valence-electron chi connectivity index (χ1n) is 5.34. The number of hydrogen-bond donors (Lipinski definition) is 0. The molecule has 0 amide bonds. The molecule has 3 nitrogen and oxygen atoms in total. The van der Waals surface area contributed by atoms with Gasteiger partial charge in [0.2, 0.25) is 0 Å². The van der Waals surface area contributed by atoms with Crippen molar-refractivity contribution in [3.8, 4) is 5.75 Å². The van der Waals surface area contributed by atoms with Crippen LogP contribution in [-0.4, -0.2) is 19.7 Å². The molecule has 0 saturated carbocycles. The van der Waals surface area contributed by atoms with Crippen molar-refractivity contribution in [1.82, 2.24) is 0 Å². The summed E-state index contributed by atoms with van der Waals surface area (Å²) in [4.78, 5) is 11.7. The highest BCUT2D eigenvalue weighted by molar-refractivity contribution is 6.31. The third-order valence-electron chi connectivity index (χ3n) is 2.09. The molecule has 0 fully saturated rings. The van der Waals surface area contributed by atoms with Gasteiger partial charge in [-0.1, -0.05) is 30.7 Å². The Morgan fingerprint density at radius 2 is 2.18 bits per heavy atom. The van der Waals surface area contributed by atoms with Crippen molar-refractivity contribution in [2.45, 2.75) is 13.3 Å². The molecule has 0 unspecified atom stereocenters. The molecule has 0 aliphatic rings. The van der Waals surface area contributed by atoms with Crippen LogP contribution in [-0.2, 0) is 4.74 Å². The number of benzene rings is 1. The number of rotatable bonds is 5. The van der Waals surface area contributed by atoms with Gasteiger partial charge in [-0.2, -0.15) is 0 Å². The topological polar surface area (TPSA) is 35.5 Å². The molecule has 1 aromatic carbocycles. The number of ether oxygens (including phenoxy) is 2. The largest absolute Gasteiger partial charge is 0.496 e. The van der Waals surface area contributed by atoms with E-state index in [1.807, 2.05) is 13.0 Å². The minimum atomic E-state index is -0.440. The van der Waals surface area contributed by atoms with E-state index in [-0.39, 0.29) is 6.61 Å². The lowest BCUT2D eigenvalue weighted by molar-refractivity contribution is 0.0545. The third kappa shape index (κ3) is 4.11. The van der Waals surface area contributed by atoms with E-state index in [2.05, 4.69) is 0 Å². The molecule has 0 radical (unpaired) electrons. The van der Waals surface area contributed by atoms with Gasteiger partial charge in [-0.15, -0.1) is 0 Å². The molecule has 1 aromatic rings. The molecular formula is C13H15ClO3. The molecule has 17 heavy (non-hydrogen) atoms. The summed E-state index contributed by atoms with van der Waals surface area (Å²) in [6.45, 7) is 2.26. The first kappa shape index (κ1) is 13.6. The zero-order valence-corrected chi connectivity index (χ0v) is 10.7. The van der Waals surface area contributed by atoms with E-state index in [4.69, 9.17) is 21.1 Å². The van der Waals surface area contributed by atoms with E-state index < -0.39 is 5.97 Å². The molecule has 1 rings (SSSR count). The Balaban J connectivity index is 2.73. The van der Waals surface area contributed by atoms with Crippen molar-refractivity contribution in [1.29, 1.82) is 0 Å². The van der Waals surface area contributed by atoms with Gasteiger partial charge in [0.1, 0.15) is 17.9 Å². The normalized spacial score (nSPS) is 10.5. The van der Waals surface area contributed by atoms with Crippen LogP contribution in [0.2, 0.25) is 5.02 Å². The Morgan fingerprint density at radius 1 is 1.41 bits per heavy atom. The first-order chi connectivity index (χ1) is 8.19. The van der Waals surface area contributed by atoms with Gasteiger partial charge in [0, 0.05) is 5.02 Å². The van der Waals surface area contributed by atoms with Crippen molar-refractivity contribution in [2.75, 3.05) is 13.7 Å². The molecule has 4 heteroatoms. The Morgan fingerprint density at radius 3 is 2.82 bits per heavy atom. The summed E-state index contributed by atoms with van der Waals surface area (Å²) in [7, 11) is 1.50. The SMILES string of the molecule is CC/C=C/COC(=O)c1cc(Cl)ccc1OC. The molecule has 0 saturated heterocycles. The van der Waals surface area contributed by atoms with Crippen molar-refractivity contribution in [3.05, 3.63) is 40.9 Å². The number of methoxy groups -OCH3 is 1. The number of carbonyl (C=O) groups excluding carboxylic acids is 1. The monoisotopic (exact) mass is 254 g/mol. The summed E-state index contributed by atoms with van der Waals surface area (Å²) in [5, 5.41) is 0.474. The second-order valence-corrected chi connectivity index (χ2v) is 3.76. The van der Waals surface area contributed by atoms with Gasteiger partial charge in [-0.3, -0.25) is 0 Å². The van der Waals surface area contributed by atoms with Crippen LogP contribution in [0.5, 0.6) is 5.75 Å². The van der Waals surface area contributed by atoms with E-state index in [1.54, 1.807) is 18.2 Å². The molecule has 0 aliphatic carbocycles. The number of esters is 1. The van der Waals surface area contributed by atoms with Crippen LogP contribution >= 0.6 is 11.6 Å². The lowest BCUT2D eigenvalue weighted by atomic mass is 10.2. The predicted molar refractivity (Wildman–Crippen MR) is 67.7 cm³/mol. The highest BCUT2D eigenvalue weighted by atomic mass is 35.5. The Kier molecular flexibility index (Phi) is 5.57. The van der Waals surface area contributed by atoms with Crippen LogP contribution in [0.4, 0.5) is 0 Å². The van der Waals surface area contributed by atoms with Crippen LogP contribution in [0.25, 0.3) is 0 Å². The lowest BCUT2D eigenvalue weighted by Gasteiger charge is -2.07. The summed E-state index contributed by atoms with van der Waals surface area (Å²) in [5.74, 6) is 0.0176. The number of allylic oxidation sites excluding steroid dienone is 1. The maximum absolute atomic E-state index is 11.7. The number of hydrogen-bond acceptors (Lipinski definition) is 3. The van der Waals surface area contributed by atoms with E-state index in [1.165, 1.54) is 13.2 Å². The second kappa shape index (κ2) is 6.97. The molecule has 0 aliphatic heterocycles. The number of halogens is 1. The Hall–Kier alpha value is -1.48. The predicted octanol–water partition coefficient (Wildman–Crippen LogP) is 3.47. The van der Waals surface area contributed by atoms with Crippen LogP contribution in [0.1, 0.15) is 23.7 Å². The van der Waals surface area contributed by atoms with Crippen molar-refractivity contribution >= 4 is 17.6 Å². The van der Waals surface area contributed by atoms with Gasteiger partial charge >= 0.3 is 5.97 Å². The molecule has 0 spiro atoms. The van der Waals surface area contributed by atoms with Crippen molar-refractivity contribution in [2.24, 2.45) is 0 Å². The van der Waals surface area contributed by atoms with Crippen LogP contribution < -0.4 is 4.74 Å². The highest BCUT2D eigenvalue weighted by Crippen LogP contribution is 2.23. The van der Waals surface area contributed by atoms with E-state index in [9.17, 15) is 4.79 Å². The summed E-state index contributed by atoms with van der Waals surface area (Å²) in [6.07, 6.45) is 4.65. The fourth-order valence-corrected chi connectivity index (χ4v) is 1.45.